The van der Waals surface area contributed by atoms with Crippen molar-refractivity contribution in [1.29, 1.82) is 0 Å². The molecule has 0 radical (unpaired) electrons. The van der Waals surface area contributed by atoms with E-state index in [0.29, 0.717) is 22.9 Å². The maximum absolute atomic E-state index is 12.9. The predicted octanol–water partition coefficient (Wildman–Crippen LogP) is 2.89. The standard InChI is InChI=1S/C16H11F3N2O4S/c17-16(18,19)9-5-11(26-13(9)15(24)25)14(23)20-6-7-2-1-3-10-8(7)4-12(22)21-10/h1-3,5H,4,6H2,(H,20,23)(H,21,22)(H,24,25). The molecule has 1 aliphatic heterocycles. The van der Waals surface area contributed by atoms with Crippen LogP contribution in [0.3, 0.4) is 0 Å². The fourth-order valence-electron chi connectivity index (χ4n) is 2.62. The minimum Gasteiger partial charge on any atom is -0.477 e. The first kappa shape index (κ1) is 17.9. The highest BCUT2D eigenvalue weighted by molar-refractivity contribution is 7.16. The predicted molar refractivity (Wildman–Crippen MR) is 86.2 cm³/mol. The van der Waals surface area contributed by atoms with E-state index in [4.69, 9.17) is 5.11 Å². The van der Waals surface area contributed by atoms with E-state index in [0.717, 1.165) is 0 Å². The van der Waals surface area contributed by atoms with Crippen LogP contribution in [0.4, 0.5) is 18.9 Å². The van der Waals surface area contributed by atoms with Crippen molar-refractivity contribution in [3.8, 4) is 0 Å². The van der Waals surface area contributed by atoms with Crippen LogP contribution in [0.1, 0.15) is 36.0 Å². The lowest BCUT2D eigenvalue weighted by atomic mass is 10.0. The first-order valence-electron chi connectivity index (χ1n) is 7.30. The summed E-state index contributed by atoms with van der Waals surface area (Å²) in [5.41, 5.74) is 0.646. The highest BCUT2D eigenvalue weighted by Crippen LogP contribution is 2.37. The van der Waals surface area contributed by atoms with Crippen molar-refractivity contribution in [3.63, 3.8) is 0 Å². The van der Waals surface area contributed by atoms with Gasteiger partial charge in [-0.25, -0.2) is 4.79 Å². The summed E-state index contributed by atoms with van der Waals surface area (Å²) in [7, 11) is 0. The second kappa shape index (κ2) is 6.45. The number of hydrogen-bond acceptors (Lipinski definition) is 4. The van der Waals surface area contributed by atoms with E-state index in [2.05, 4.69) is 10.6 Å². The molecule has 2 amide bonds. The Labute approximate surface area is 148 Å². The van der Waals surface area contributed by atoms with Gasteiger partial charge in [0.25, 0.3) is 5.91 Å². The number of aromatic carboxylic acids is 1. The number of nitrogens with one attached hydrogen (secondary N) is 2. The van der Waals surface area contributed by atoms with Crippen LogP contribution in [0.5, 0.6) is 0 Å². The number of fused-ring (bicyclic) bond motifs is 1. The van der Waals surface area contributed by atoms with E-state index >= 15 is 0 Å². The van der Waals surface area contributed by atoms with Gasteiger partial charge in [-0.1, -0.05) is 12.1 Å². The number of hydrogen-bond donors (Lipinski definition) is 3. The first-order chi connectivity index (χ1) is 12.2. The van der Waals surface area contributed by atoms with Gasteiger partial charge in [-0.05, 0) is 23.3 Å². The van der Waals surface area contributed by atoms with Crippen molar-refractivity contribution in [3.05, 3.63) is 50.7 Å². The van der Waals surface area contributed by atoms with Crippen LogP contribution < -0.4 is 10.6 Å². The molecule has 0 atom stereocenters. The third-order valence-corrected chi connectivity index (χ3v) is 4.90. The smallest absolute Gasteiger partial charge is 0.418 e. The minimum atomic E-state index is -4.87. The summed E-state index contributed by atoms with van der Waals surface area (Å²) < 4.78 is 38.7. The monoisotopic (exact) mass is 384 g/mol. The average molecular weight is 384 g/mol. The van der Waals surface area contributed by atoms with E-state index in [9.17, 15) is 27.6 Å². The normalized spacial score (nSPS) is 13.3. The number of thiophene rings is 1. The van der Waals surface area contributed by atoms with Gasteiger partial charge in [-0.2, -0.15) is 13.2 Å². The Morgan fingerprint density at radius 1 is 1.31 bits per heavy atom. The molecule has 2 heterocycles. The molecule has 10 heteroatoms. The Bertz CT molecular complexity index is 921. The molecule has 3 N–H and O–H groups in total. The van der Waals surface area contributed by atoms with Gasteiger partial charge in [0.05, 0.1) is 16.9 Å². The maximum atomic E-state index is 12.9. The summed E-state index contributed by atoms with van der Waals surface area (Å²) in [6.07, 6.45) is -4.71. The molecule has 0 fully saturated rings. The average Bonchev–Trinajstić information content (AvgIpc) is 3.15. The molecule has 0 unspecified atom stereocenters. The Morgan fingerprint density at radius 2 is 2.04 bits per heavy atom. The molecule has 1 aromatic carbocycles. The fraction of sp³-hybridized carbons (Fsp3) is 0.188. The number of amides is 2. The van der Waals surface area contributed by atoms with E-state index in [1.807, 2.05) is 0 Å². The summed E-state index contributed by atoms with van der Waals surface area (Å²) >= 11 is 0.266. The zero-order valence-electron chi connectivity index (χ0n) is 12.9. The third-order valence-electron chi connectivity index (χ3n) is 3.78. The topological polar surface area (TPSA) is 95.5 Å². The van der Waals surface area contributed by atoms with Crippen LogP contribution in [-0.4, -0.2) is 22.9 Å². The quantitative estimate of drug-likeness (QED) is 0.755. The van der Waals surface area contributed by atoms with Crippen LogP contribution in [0, 0.1) is 0 Å². The van der Waals surface area contributed by atoms with Gasteiger partial charge in [-0.15, -0.1) is 11.3 Å². The van der Waals surface area contributed by atoms with Gasteiger partial charge in [-0.3, -0.25) is 9.59 Å². The molecule has 0 spiro atoms. The molecule has 1 aromatic heterocycles. The number of carboxylic acid groups (broad SMARTS) is 1. The second-order valence-corrected chi connectivity index (χ2v) is 6.56. The van der Waals surface area contributed by atoms with Gasteiger partial charge in [0.1, 0.15) is 4.88 Å². The molecule has 0 saturated carbocycles. The SMILES string of the molecule is O=C1Cc2c(CNC(=O)c3cc(C(F)(F)F)c(C(=O)O)s3)cccc2N1. The zero-order chi connectivity index (χ0) is 19.1. The molecule has 6 nitrogen and oxygen atoms in total. The summed E-state index contributed by atoms with van der Waals surface area (Å²) in [5.74, 6) is -2.74. The van der Waals surface area contributed by atoms with Crippen LogP contribution in [0.15, 0.2) is 24.3 Å². The molecular formula is C16H11F3N2O4S. The van der Waals surface area contributed by atoms with Crippen molar-refractivity contribution in [2.24, 2.45) is 0 Å². The van der Waals surface area contributed by atoms with Crippen LogP contribution in [0.2, 0.25) is 0 Å². The lowest BCUT2D eigenvalue weighted by Gasteiger charge is -2.08. The lowest BCUT2D eigenvalue weighted by Crippen LogP contribution is -2.22. The number of rotatable bonds is 4. The number of benzene rings is 1. The maximum Gasteiger partial charge on any atom is 0.418 e. The Balaban J connectivity index is 1.79. The van der Waals surface area contributed by atoms with E-state index < -0.39 is 28.5 Å². The fourth-order valence-corrected chi connectivity index (χ4v) is 3.55. The molecule has 1 aliphatic rings. The highest BCUT2D eigenvalue weighted by Gasteiger charge is 2.38. The van der Waals surface area contributed by atoms with Crippen molar-refractivity contribution < 1.29 is 32.7 Å². The summed E-state index contributed by atoms with van der Waals surface area (Å²) in [5, 5.41) is 14.0. The third kappa shape index (κ3) is 3.40. The van der Waals surface area contributed by atoms with Crippen molar-refractivity contribution in [2.75, 3.05) is 5.32 Å². The molecular weight excluding hydrogens is 373 g/mol. The molecule has 26 heavy (non-hydrogen) atoms. The van der Waals surface area contributed by atoms with E-state index in [1.54, 1.807) is 18.2 Å². The number of alkyl halides is 3. The van der Waals surface area contributed by atoms with Crippen LogP contribution in [0.25, 0.3) is 0 Å². The second-order valence-electron chi connectivity index (χ2n) is 5.51. The van der Waals surface area contributed by atoms with Gasteiger partial charge in [0, 0.05) is 12.2 Å². The van der Waals surface area contributed by atoms with Crippen LogP contribution in [-0.2, 0) is 23.9 Å². The summed E-state index contributed by atoms with van der Waals surface area (Å²) in [4.78, 5) is 33.3. The number of carboxylic acids is 1. The molecule has 0 bridgehead atoms. The lowest BCUT2D eigenvalue weighted by molar-refractivity contribution is -0.137. The van der Waals surface area contributed by atoms with Gasteiger partial charge in [0.2, 0.25) is 5.91 Å². The number of halogens is 3. The van der Waals surface area contributed by atoms with Gasteiger partial charge >= 0.3 is 12.1 Å². The highest BCUT2D eigenvalue weighted by atomic mass is 32.1. The number of carbonyl (C=O) groups is 3. The van der Waals surface area contributed by atoms with Crippen molar-refractivity contribution >= 4 is 34.8 Å². The van der Waals surface area contributed by atoms with Gasteiger partial charge in [0.15, 0.2) is 0 Å². The Kier molecular flexibility index (Phi) is 4.45. The molecule has 3 rings (SSSR count). The van der Waals surface area contributed by atoms with Gasteiger partial charge < -0.3 is 15.7 Å². The Morgan fingerprint density at radius 3 is 2.65 bits per heavy atom. The van der Waals surface area contributed by atoms with E-state index in [1.165, 1.54) is 0 Å². The number of carbonyl (C=O) groups excluding carboxylic acids is 2. The largest absolute Gasteiger partial charge is 0.477 e. The molecule has 0 aliphatic carbocycles. The number of anilines is 1. The first-order valence-corrected chi connectivity index (χ1v) is 8.11. The zero-order valence-corrected chi connectivity index (χ0v) is 13.8. The molecule has 0 saturated heterocycles. The van der Waals surface area contributed by atoms with Crippen molar-refractivity contribution in [2.45, 2.75) is 19.1 Å². The summed E-state index contributed by atoms with van der Waals surface area (Å²) in [6, 6.07) is 5.61. The summed E-state index contributed by atoms with van der Waals surface area (Å²) in [6.45, 7) is -0.00137. The Hall–Kier alpha value is -2.88. The van der Waals surface area contributed by atoms with E-state index in [-0.39, 0.29) is 35.1 Å². The molecule has 2 aromatic rings. The molecule has 136 valence electrons. The van der Waals surface area contributed by atoms with Crippen LogP contribution >= 0.6 is 11.3 Å². The minimum absolute atomic E-state index is 0.00137. The van der Waals surface area contributed by atoms with Crippen molar-refractivity contribution in [1.82, 2.24) is 5.32 Å².